The highest BCUT2D eigenvalue weighted by Crippen LogP contribution is 2.24. The molecule has 1 rings (SSSR count). The van der Waals surface area contributed by atoms with Gasteiger partial charge in [0.25, 0.3) is 0 Å². The Kier molecular flexibility index (Phi) is 4.17. The van der Waals surface area contributed by atoms with Gasteiger partial charge in [-0.15, -0.1) is 0 Å². The van der Waals surface area contributed by atoms with Gasteiger partial charge < -0.3 is 4.90 Å². The zero-order valence-corrected chi connectivity index (χ0v) is 9.75. The Morgan fingerprint density at radius 1 is 1.33 bits per heavy atom. The van der Waals surface area contributed by atoms with Crippen molar-refractivity contribution in [1.82, 2.24) is 0 Å². The molecule has 1 aromatic rings. The fourth-order valence-electron chi connectivity index (χ4n) is 1.87. The van der Waals surface area contributed by atoms with Gasteiger partial charge >= 0.3 is 0 Å². The van der Waals surface area contributed by atoms with E-state index in [4.69, 9.17) is 5.26 Å². The molecule has 0 aromatic heterocycles. The van der Waals surface area contributed by atoms with E-state index in [-0.39, 0.29) is 0 Å². The van der Waals surface area contributed by atoms with Gasteiger partial charge in [-0.25, -0.2) is 0 Å². The van der Waals surface area contributed by atoms with E-state index in [9.17, 15) is 0 Å². The molecule has 2 nitrogen and oxygen atoms in total. The summed E-state index contributed by atoms with van der Waals surface area (Å²) < 4.78 is 0. The second-order valence-electron chi connectivity index (χ2n) is 3.66. The first kappa shape index (κ1) is 11.6. The fourth-order valence-corrected chi connectivity index (χ4v) is 1.87. The number of anilines is 1. The van der Waals surface area contributed by atoms with Gasteiger partial charge in [0.1, 0.15) is 6.07 Å². The molecule has 15 heavy (non-hydrogen) atoms. The lowest BCUT2D eigenvalue weighted by Crippen LogP contribution is -2.25. The Morgan fingerprint density at radius 3 is 2.60 bits per heavy atom. The zero-order chi connectivity index (χ0) is 11.3. The van der Waals surface area contributed by atoms with E-state index in [0.717, 1.165) is 30.8 Å². The Balaban J connectivity index is 3.15. The van der Waals surface area contributed by atoms with Gasteiger partial charge in [-0.05, 0) is 31.9 Å². The van der Waals surface area contributed by atoms with Crippen LogP contribution in [-0.2, 0) is 0 Å². The van der Waals surface area contributed by atoms with E-state index in [2.05, 4.69) is 37.8 Å². The van der Waals surface area contributed by atoms with Crippen LogP contribution in [0.5, 0.6) is 0 Å². The summed E-state index contributed by atoms with van der Waals surface area (Å²) in [5.41, 5.74) is 3.07. The normalized spacial score (nSPS) is 9.73. The third-order valence-electron chi connectivity index (χ3n) is 2.55. The van der Waals surface area contributed by atoms with Crippen LogP contribution >= 0.6 is 0 Å². The summed E-state index contributed by atoms with van der Waals surface area (Å²) in [6, 6.07) is 8.16. The van der Waals surface area contributed by atoms with E-state index in [0.29, 0.717) is 0 Å². The molecule has 0 saturated carbocycles. The van der Waals surface area contributed by atoms with Crippen molar-refractivity contribution < 1.29 is 0 Å². The van der Waals surface area contributed by atoms with Gasteiger partial charge in [-0.2, -0.15) is 5.26 Å². The number of aryl methyl sites for hydroxylation is 1. The van der Waals surface area contributed by atoms with Crippen molar-refractivity contribution in [3.8, 4) is 6.07 Å². The van der Waals surface area contributed by atoms with Crippen molar-refractivity contribution in [2.75, 3.05) is 18.0 Å². The van der Waals surface area contributed by atoms with Crippen LogP contribution in [0.25, 0.3) is 0 Å². The van der Waals surface area contributed by atoms with Gasteiger partial charge in [0.2, 0.25) is 0 Å². The van der Waals surface area contributed by atoms with E-state index >= 15 is 0 Å². The average molecular weight is 202 g/mol. The van der Waals surface area contributed by atoms with Crippen molar-refractivity contribution in [3.05, 3.63) is 29.3 Å². The topological polar surface area (TPSA) is 27.0 Å². The molecular formula is C13H18N2. The number of hydrogen-bond acceptors (Lipinski definition) is 2. The maximum Gasteiger partial charge on any atom is 0.101 e. The molecule has 0 radical (unpaired) electrons. The van der Waals surface area contributed by atoms with E-state index in [1.54, 1.807) is 0 Å². The third-order valence-corrected chi connectivity index (χ3v) is 2.55. The number of rotatable bonds is 4. The van der Waals surface area contributed by atoms with Gasteiger partial charge in [-0.1, -0.05) is 19.1 Å². The summed E-state index contributed by atoms with van der Waals surface area (Å²) in [4.78, 5) is 2.27. The van der Waals surface area contributed by atoms with Gasteiger partial charge in [-0.3, -0.25) is 0 Å². The highest BCUT2D eigenvalue weighted by molar-refractivity contribution is 5.63. The lowest BCUT2D eigenvalue weighted by atomic mass is 10.1. The van der Waals surface area contributed by atoms with Crippen molar-refractivity contribution in [1.29, 1.82) is 5.26 Å². The summed E-state index contributed by atoms with van der Waals surface area (Å²) in [7, 11) is 0. The summed E-state index contributed by atoms with van der Waals surface area (Å²) in [6.45, 7) is 8.31. The van der Waals surface area contributed by atoms with Crippen LogP contribution in [0.1, 0.15) is 31.4 Å². The standard InChI is InChI=1S/C13H18N2/c1-4-9-15(5-2)13-11(3)7-6-8-12(13)10-14/h6-8H,4-5,9H2,1-3H3. The van der Waals surface area contributed by atoms with Crippen LogP contribution < -0.4 is 4.90 Å². The minimum absolute atomic E-state index is 0.783. The average Bonchev–Trinajstić information content (AvgIpc) is 2.26. The van der Waals surface area contributed by atoms with E-state index in [1.807, 2.05) is 12.1 Å². The molecule has 0 fully saturated rings. The van der Waals surface area contributed by atoms with Crippen LogP contribution in [-0.4, -0.2) is 13.1 Å². The van der Waals surface area contributed by atoms with Crippen LogP contribution in [0.2, 0.25) is 0 Å². The van der Waals surface area contributed by atoms with E-state index < -0.39 is 0 Å². The highest BCUT2D eigenvalue weighted by atomic mass is 15.1. The molecule has 0 unspecified atom stereocenters. The molecule has 0 N–H and O–H groups in total. The van der Waals surface area contributed by atoms with Crippen molar-refractivity contribution >= 4 is 5.69 Å². The highest BCUT2D eigenvalue weighted by Gasteiger charge is 2.10. The molecule has 0 saturated heterocycles. The summed E-state index contributed by atoms with van der Waals surface area (Å²) in [5, 5.41) is 9.08. The molecule has 0 amide bonds. The van der Waals surface area contributed by atoms with Gasteiger partial charge in [0.05, 0.1) is 11.3 Å². The second kappa shape index (κ2) is 5.41. The summed E-state index contributed by atoms with van der Waals surface area (Å²) in [6.07, 6.45) is 1.10. The lowest BCUT2D eigenvalue weighted by molar-refractivity contribution is 0.788. The molecule has 0 atom stereocenters. The molecule has 1 aromatic carbocycles. The maximum absolute atomic E-state index is 9.08. The zero-order valence-electron chi connectivity index (χ0n) is 9.75. The number of nitrogens with zero attached hydrogens (tertiary/aromatic N) is 2. The largest absolute Gasteiger partial charge is 0.371 e. The first-order chi connectivity index (χ1) is 7.24. The summed E-state index contributed by atoms with van der Waals surface area (Å²) in [5.74, 6) is 0. The minimum atomic E-state index is 0.783. The second-order valence-corrected chi connectivity index (χ2v) is 3.66. The molecule has 0 aliphatic heterocycles. The minimum Gasteiger partial charge on any atom is -0.371 e. The SMILES string of the molecule is CCCN(CC)c1c(C)cccc1C#N. The molecule has 0 aliphatic carbocycles. The Bertz CT molecular complexity index is 363. The predicted octanol–water partition coefficient (Wildman–Crippen LogP) is 3.10. The number of para-hydroxylation sites is 1. The van der Waals surface area contributed by atoms with Crippen molar-refractivity contribution in [3.63, 3.8) is 0 Å². The molecular weight excluding hydrogens is 184 g/mol. The first-order valence-corrected chi connectivity index (χ1v) is 5.49. The van der Waals surface area contributed by atoms with Crippen LogP contribution in [0.4, 0.5) is 5.69 Å². The Labute approximate surface area is 92.1 Å². The lowest BCUT2D eigenvalue weighted by Gasteiger charge is -2.25. The number of benzene rings is 1. The maximum atomic E-state index is 9.08. The monoisotopic (exact) mass is 202 g/mol. The van der Waals surface area contributed by atoms with Crippen LogP contribution in [0, 0.1) is 18.3 Å². The third kappa shape index (κ3) is 2.50. The van der Waals surface area contributed by atoms with Gasteiger partial charge in [0.15, 0.2) is 0 Å². The van der Waals surface area contributed by atoms with Gasteiger partial charge in [0, 0.05) is 13.1 Å². The molecule has 0 heterocycles. The first-order valence-electron chi connectivity index (χ1n) is 5.49. The Hall–Kier alpha value is -1.49. The molecule has 0 bridgehead atoms. The number of nitriles is 1. The van der Waals surface area contributed by atoms with Crippen LogP contribution in [0.3, 0.4) is 0 Å². The van der Waals surface area contributed by atoms with Crippen molar-refractivity contribution in [2.45, 2.75) is 27.2 Å². The predicted molar refractivity (Wildman–Crippen MR) is 64.1 cm³/mol. The fraction of sp³-hybridized carbons (Fsp3) is 0.462. The molecule has 0 aliphatic rings. The molecule has 80 valence electrons. The molecule has 2 heteroatoms. The summed E-state index contributed by atoms with van der Waals surface area (Å²) >= 11 is 0. The Morgan fingerprint density at radius 2 is 2.07 bits per heavy atom. The van der Waals surface area contributed by atoms with Crippen molar-refractivity contribution in [2.24, 2.45) is 0 Å². The smallest absolute Gasteiger partial charge is 0.101 e. The quantitative estimate of drug-likeness (QED) is 0.750. The number of hydrogen-bond donors (Lipinski definition) is 0. The molecule has 0 spiro atoms. The van der Waals surface area contributed by atoms with Crippen LogP contribution in [0.15, 0.2) is 18.2 Å². The van der Waals surface area contributed by atoms with E-state index in [1.165, 1.54) is 5.56 Å².